The van der Waals surface area contributed by atoms with Crippen LogP contribution >= 0.6 is 0 Å². The van der Waals surface area contributed by atoms with E-state index in [1.54, 1.807) is 12.1 Å². The van der Waals surface area contributed by atoms with Crippen molar-refractivity contribution < 1.29 is 9.72 Å². The molecule has 0 radical (unpaired) electrons. The summed E-state index contributed by atoms with van der Waals surface area (Å²) in [5.41, 5.74) is 3.47. The molecule has 0 spiro atoms. The normalized spacial score (nSPS) is 17.2. The monoisotopic (exact) mass is 377 g/mol. The molecule has 0 aromatic heterocycles. The second kappa shape index (κ2) is 7.54. The molecule has 0 atom stereocenters. The molecule has 0 aliphatic carbocycles. The van der Waals surface area contributed by atoms with Crippen LogP contribution in [0.2, 0.25) is 0 Å². The number of rotatable bonds is 4. The molecule has 1 fully saturated rings. The number of nitro benzene ring substituents is 1. The van der Waals surface area contributed by atoms with Crippen LogP contribution in [0.1, 0.15) is 47.7 Å². The molecular weight excluding hydrogens is 354 g/mol. The molecule has 2 aromatic rings. The van der Waals surface area contributed by atoms with Crippen LogP contribution in [0.3, 0.4) is 0 Å². The summed E-state index contributed by atoms with van der Waals surface area (Å²) in [5, 5.41) is 11.8. The van der Waals surface area contributed by atoms with E-state index >= 15 is 0 Å². The lowest BCUT2D eigenvalue weighted by Crippen LogP contribution is -2.33. The fourth-order valence-corrected chi connectivity index (χ4v) is 4.17. The minimum Gasteiger partial charge on any atom is -0.366 e. The molecular formula is C22H23N3O3. The quantitative estimate of drug-likeness (QED) is 0.589. The summed E-state index contributed by atoms with van der Waals surface area (Å²) < 4.78 is 0. The Kier molecular flexibility index (Phi) is 4.94. The average molecular weight is 377 g/mol. The summed E-state index contributed by atoms with van der Waals surface area (Å²) in [4.78, 5) is 30.2. The number of anilines is 1. The fraction of sp³-hybridized carbons (Fsp3) is 0.364. The number of fused-ring (bicyclic) bond motifs is 1. The number of nitrogens with zero attached hydrogens (tertiary/aromatic N) is 3. The van der Waals surface area contributed by atoms with Crippen LogP contribution < -0.4 is 4.90 Å². The minimum absolute atomic E-state index is 0.0238. The van der Waals surface area contributed by atoms with Gasteiger partial charge in [-0.25, -0.2) is 0 Å². The van der Waals surface area contributed by atoms with Gasteiger partial charge in [-0.15, -0.1) is 0 Å². The van der Waals surface area contributed by atoms with E-state index in [9.17, 15) is 14.9 Å². The van der Waals surface area contributed by atoms with Gasteiger partial charge in [0.2, 0.25) is 0 Å². The Morgan fingerprint density at radius 2 is 1.86 bits per heavy atom. The largest absolute Gasteiger partial charge is 0.366 e. The number of carbonyl (C=O) groups excluding carboxylic acids is 1. The van der Waals surface area contributed by atoms with Gasteiger partial charge >= 0.3 is 0 Å². The first-order chi connectivity index (χ1) is 13.6. The summed E-state index contributed by atoms with van der Waals surface area (Å²) in [6, 6.07) is 12.6. The van der Waals surface area contributed by atoms with Crippen molar-refractivity contribution in [3.8, 4) is 0 Å². The Bertz CT molecular complexity index is 959. The van der Waals surface area contributed by atoms with Crippen molar-refractivity contribution in [2.45, 2.75) is 26.2 Å². The molecule has 0 N–H and O–H groups in total. The molecule has 0 unspecified atom stereocenters. The molecule has 1 saturated heterocycles. The number of piperidine rings is 1. The molecule has 2 heterocycles. The number of Topliss-reactive ketones (excluding diaryl/α,β-unsaturated/α-hetero) is 1. The molecule has 6 nitrogen and oxygen atoms in total. The zero-order valence-electron chi connectivity index (χ0n) is 15.9. The number of hydrogen-bond acceptors (Lipinski definition) is 5. The molecule has 0 saturated carbocycles. The molecule has 0 amide bonds. The Balaban J connectivity index is 1.70. The smallest absolute Gasteiger partial charge is 0.293 e. The highest BCUT2D eigenvalue weighted by Gasteiger charge is 2.27. The predicted octanol–water partition coefficient (Wildman–Crippen LogP) is 4.25. The lowest BCUT2D eigenvalue weighted by atomic mass is 9.91. The Morgan fingerprint density at radius 1 is 1.14 bits per heavy atom. The Labute approximate surface area is 164 Å². The highest BCUT2D eigenvalue weighted by Crippen LogP contribution is 2.34. The average Bonchev–Trinajstić information content (AvgIpc) is 2.74. The molecule has 144 valence electrons. The number of ketones is 1. The van der Waals surface area contributed by atoms with Gasteiger partial charge in [-0.1, -0.05) is 43.7 Å². The van der Waals surface area contributed by atoms with Crippen LogP contribution in [0.15, 0.2) is 47.5 Å². The Hall–Kier alpha value is -3.02. The standard InChI is InChI=1S/C22H23N3O3/c1-2-15-9-11-24(12-10-15)19-8-7-16(13-20(19)25(27)28)22-18-6-4-3-5-17(18)21(26)14-23-22/h3-8,13,15H,2,9-12,14H2,1H3. The summed E-state index contributed by atoms with van der Waals surface area (Å²) in [5.74, 6) is 0.685. The SMILES string of the molecule is CCC1CCN(c2ccc(C3=NCC(=O)c4ccccc43)cc2[N+](=O)[O-])CC1. The second-order valence-electron chi connectivity index (χ2n) is 7.43. The first kappa shape index (κ1) is 18.3. The van der Waals surface area contributed by atoms with Crippen molar-refractivity contribution in [3.05, 3.63) is 69.3 Å². The maximum Gasteiger partial charge on any atom is 0.293 e. The van der Waals surface area contributed by atoms with Gasteiger partial charge in [0.15, 0.2) is 5.78 Å². The molecule has 2 aliphatic rings. The number of aliphatic imine (C=N–C) groups is 1. The summed E-state index contributed by atoms with van der Waals surface area (Å²) >= 11 is 0. The zero-order chi connectivity index (χ0) is 19.7. The van der Waals surface area contributed by atoms with E-state index in [0.29, 0.717) is 28.4 Å². The first-order valence-corrected chi connectivity index (χ1v) is 9.79. The van der Waals surface area contributed by atoms with Crippen molar-refractivity contribution in [2.75, 3.05) is 24.5 Å². The second-order valence-corrected chi connectivity index (χ2v) is 7.43. The van der Waals surface area contributed by atoms with Crippen LogP contribution in [0.4, 0.5) is 11.4 Å². The van der Waals surface area contributed by atoms with E-state index in [-0.39, 0.29) is 22.9 Å². The van der Waals surface area contributed by atoms with E-state index in [0.717, 1.165) is 37.9 Å². The highest BCUT2D eigenvalue weighted by atomic mass is 16.6. The molecule has 6 heteroatoms. The van der Waals surface area contributed by atoms with Gasteiger partial charge in [-0.05, 0) is 24.8 Å². The van der Waals surface area contributed by atoms with Crippen LogP contribution in [0, 0.1) is 16.0 Å². The summed E-state index contributed by atoms with van der Waals surface area (Å²) in [6.45, 7) is 3.96. The minimum atomic E-state index is -0.314. The number of benzene rings is 2. The number of hydrogen-bond donors (Lipinski definition) is 0. The third-order valence-electron chi connectivity index (χ3n) is 5.84. The molecule has 2 aliphatic heterocycles. The van der Waals surface area contributed by atoms with E-state index in [1.165, 1.54) is 0 Å². The van der Waals surface area contributed by atoms with Gasteiger partial charge in [-0.2, -0.15) is 0 Å². The van der Waals surface area contributed by atoms with Gasteiger partial charge in [0.1, 0.15) is 12.2 Å². The van der Waals surface area contributed by atoms with E-state index in [1.807, 2.05) is 30.3 Å². The van der Waals surface area contributed by atoms with Crippen molar-refractivity contribution in [1.29, 1.82) is 0 Å². The van der Waals surface area contributed by atoms with Crippen molar-refractivity contribution in [3.63, 3.8) is 0 Å². The van der Waals surface area contributed by atoms with Gasteiger partial charge in [0.05, 0.1) is 10.6 Å². The van der Waals surface area contributed by atoms with E-state index < -0.39 is 0 Å². The molecule has 28 heavy (non-hydrogen) atoms. The van der Waals surface area contributed by atoms with E-state index in [4.69, 9.17) is 0 Å². The summed E-state index contributed by atoms with van der Waals surface area (Å²) in [7, 11) is 0. The summed E-state index contributed by atoms with van der Waals surface area (Å²) in [6.07, 6.45) is 3.29. The molecule has 4 rings (SSSR count). The molecule has 0 bridgehead atoms. The van der Waals surface area contributed by atoms with Crippen LogP contribution in [-0.4, -0.2) is 36.1 Å². The van der Waals surface area contributed by atoms with Crippen LogP contribution in [0.25, 0.3) is 0 Å². The third-order valence-corrected chi connectivity index (χ3v) is 5.84. The van der Waals surface area contributed by atoms with E-state index in [2.05, 4.69) is 16.8 Å². The first-order valence-electron chi connectivity index (χ1n) is 9.79. The zero-order valence-corrected chi connectivity index (χ0v) is 15.9. The topological polar surface area (TPSA) is 75.8 Å². The van der Waals surface area contributed by atoms with Crippen LogP contribution in [0.5, 0.6) is 0 Å². The van der Waals surface area contributed by atoms with Gasteiger partial charge < -0.3 is 4.90 Å². The maximum absolute atomic E-state index is 12.1. The lowest BCUT2D eigenvalue weighted by molar-refractivity contribution is -0.384. The highest BCUT2D eigenvalue weighted by molar-refractivity contribution is 6.22. The van der Waals surface area contributed by atoms with Crippen molar-refractivity contribution in [1.82, 2.24) is 0 Å². The third kappa shape index (κ3) is 3.30. The van der Waals surface area contributed by atoms with Crippen LogP contribution in [-0.2, 0) is 0 Å². The Morgan fingerprint density at radius 3 is 2.54 bits per heavy atom. The van der Waals surface area contributed by atoms with Crippen molar-refractivity contribution in [2.24, 2.45) is 10.9 Å². The maximum atomic E-state index is 12.1. The predicted molar refractivity (Wildman–Crippen MR) is 110 cm³/mol. The van der Waals surface area contributed by atoms with Gasteiger partial charge in [0, 0.05) is 35.8 Å². The van der Waals surface area contributed by atoms with Crippen molar-refractivity contribution >= 4 is 22.9 Å². The van der Waals surface area contributed by atoms with Gasteiger partial charge in [0.25, 0.3) is 5.69 Å². The molecule has 2 aromatic carbocycles. The van der Waals surface area contributed by atoms with Gasteiger partial charge in [-0.3, -0.25) is 19.9 Å². The lowest BCUT2D eigenvalue weighted by Gasteiger charge is -2.33. The number of nitro groups is 1. The fourth-order valence-electron chi connectivity index (χ4n) is 4.17. The number of carbonyl (C=O) groups is 1.